The molecular weight excluding hydrogens is 232 g/mol. The molecule has 2 rings (SSSR count). The fourth-order valence-electron chi connectivity index (χ4n) is 2.04. The number of benzene rings is 2. The fourth-order valence-corrected chi connectivity index (χ4v) is 2.04. The molecule has 0 aromatic heterocycles. The zero-order chi connectivity index (χ0) is 13.5. The SMILES string of the molecule is CCC(C)c1ccc(COCc2ccccc2)cc1. The van der Waals surface area contributed by atoms with Crippen LogP contribution < -0.4 is 0 Å². The van der Waals surface area contributed by atoms with Crippen molar-refractivity contribution in [3.05, 3.63) is 71.3 Å². The van der Waals surface area contributed by atoms with Gasteiger partial charge in [-0.1, -0.05) is 68.4 Å². The maximum Gasteiger partial charge on any atom is 0.0721 e. The van der Waals surface area contributed by atoms with Gasteiger partial charge in [-0.05, 0) is 29.0 Å². The molecule has 2 aromatic carbocycles. The Morgan fingerprint density at radius 2 is 1.42 bits per heavy atom. The second-order valence-corrected chi connectivity index (χ2v) is 5.03. The third-order valence-corrected chi connectivity index (χ3v) is 3.54. The van der Waals surface area contributed by atoms with Gasteiger partial charge in [0.05, 0.1) is 13.2 Å². The van der Waals surface area contributed by atoms with Crippen molar-refractivity contribution in [2.75, 3.05) is 0 Å². The Labute approximate surface area is 116 Å². The molecule has 0 radical (unpaired) electrons. The van der Waals surface area contributed by atoms with Gasteiger partial charge in [-0.2, -0.15) is 0 Å². The lowest BCUT2D eigenvalue weighted by molar-refractivity contribution is 0.107. The van der Waals surface area contributed by atoms with Gasteiger partial charge >= 0.3 is 0 Å². The minimum absolute atomic E-state index is 0.638. The van der Waals surface area contributed by atoms with Crippen LogP contribution in [0.25, 0.3) is 0 Å². The molecule has 1 heteroatoms. The molecule has 0 fully saturated rings. The van der Waals surface area contributed by atoms with E-state index in [1.165, 1.54) is 23.1 Å². The number of hydrogen-bond acceptors (Lipinski definition) is 1. The Balaban J connectivity index is 1.83. The van der Waals surface area contributed by atoms with E-state index >= 15 is 0 Å². The minimum Gasteiger partial charge on any atom is -0.372 e. The summed E-state index contributed by atoms with van der Waals surface area (Å²) in [4.78, 5) is 0. The topological polar surface area (TPSA) is 9.23 Å². The van der Waals surface area contributed by atoms with Crippen molar-refractivity contribution in [3.8, 4) is 0 Å². The molecule has 1 unspecified atom stereocenters. The zero-order valence-corrected chi connectivity index (χ0v) is 11.8. The van der Waals surface area contributed by atoms with Crippen molar-refractivity contribution < 1.29 is 4.74 Å². The van der Waals surface area contributed by atoms with Crippen LogP contribution in [-0.2, 0) is 18.0 Å². The van der Waals surface area contributed by atoms with Crippen molar-refractivity contribution >= 4 is 0 Å². The van der Waals surface area contributed by atoms with Crippen LogP contribution in [0.3, 0.4) is 0 Å². The smallest absolute Gasteiger partial charge is 0.0721 e. The van der Waals surface area contributed by atoms with Crippen molar-refractivity contribution in [2.45, 2.75) is 39.4 Å². The van der Waals surface area contributed by atoms with Crippen molar-refractivity contribution in [3.63, 3.8) is 0 Å². The largest absolute Gasteiger partial charge is 0.372 e. The molecular formula is C18H22O. The van der Waals surface area contributed by atoms with E-state index < -0.39 is 0 Å². The molecule has 0 saturated carbocycles. The van der Waals surface area contributed by atoms with Gasteiger partial charge in [0.2, 0.25) is 0 Å². The highest BCUT2D eigenvalue weighted by Crippen LogP contribution is 2.19. The molecule has 2 aromatic rings. The van der Waals surface area contributed by atoms with Crippen LogP contribution in [-0.4, -0.2) is 0 Å². The Morgan fingerprint density at radius 1 is 0.842 bits per heavy atom. The van der Waals surface area contributed by atoms with Crippen molar-refractivity contribution in [2.24, 2.45) is 0 Å². The van der Waals surface area contributed by atoms with Gasteiger partial charge in [-0.15, -0.1) is 0 Å². The lowest BCUT2D eigenvalue weighted by Gasteiger charge is -2.10. The number of ether oxygens (including phenoxy) is 1. The van der Waals surface area contributed by atoms with Crippen LogP contribution in [0.5, 0.6) is 0 Å². The fraction of sp³-hybridized carbons (Fsp3) is 0.333. The first-order chi connectivity index (χ1) is 9.29. The summed E-state index contributed by atoms with van der Waals surface area (Å²) >= 11 is 0. The summed E-state index contributed by atoms with van der Waals surface area (Å²) in [6, 6.07) is 19.1. The van der Waals surface area contributed by atoms with Crippen LogP contribution in [0.4, 0.5) is 0 Å². The van der Waals surface area contributed by atoms with Gasteiger partial charge in [0.25, 0.3) is 0 Å². The molecule has 0 aliphatic rings. The van der Waals surface area contributed by atoms with Crippen molar-refractivity contribution in [1.82, 2.24) is 0 Å². The Morgan fingerprint density at radius 3 is 2.00 bits per heavy atom. The molecule has 0 heterocycles. The Kier molecular flexibility index (Phi) is 5.17. The van der Waals surface area contributed by atoms with E-state index in [1.54, 1.807) is 0 Å². The van der Waals surface area contributed by atoms with E-state index in [4.69, 9.17) is 4.74 Å². The summed E-state index contributed by atoms with van der Waals surface area (Å²) in [6.45, 7) is 5.84. The van der Waals surface area contributed by atoms with E-state index in [9.17, 15) is 0 Å². The molecule has 0 aliphatic carbocycles. The number of rotatable bonds is 6. The molecule has 100 valence electrons. The highest BCUT2D eigenvalue weighted by molar-refractivity contribution is 5.24. The summed E-state index contributed by atoms with van der Waals surface area (Å²) in [5.74, 6) is 0.638. The van der Waals surface area contributed by atoms with E-state index in [1.807, 2.05) is 18.2 Å². The van der Waals surface area contributed by atoms with Gasteiger partial charge in [0.1, 0.15) is 0 Å². The van der Waals surface area contributed by atoms with Crippen LogP contribution >= 0.6 is 0 Å². The average molecular weight is 254 g/mol. The maximum atomic E-state index is 5.73. The van der Waals surface area contributed by atoms with Gasteiger partial charge in [0, 0.05) is 0 Å². The summed E-state index contributed by atoms with van der Waals surface area (Å²) in [5.41, 5.74) is 3.87. The molecule has 1 nitrogen and oxygen atoms in total. The third kappa shape index (κ3) is 4.22. The van der Waals surface area contributed by atoms with Crippen LogP contribution in [0.1, 0.15) is 42.9 Å². The monoisotopic (exact) mass is 254 g/mol. The van der Waals surface area contributed by atoms with Gasteiger partial charge in [0.15, 0.2) is 0 Å². The predicted molar refractivity (Wildman–Crippen MR) is 80.1 cm³/mol. The first kappa shape index (κ1) is 13.8. The first-order valence-corrected chi connectivity index (χ1v) is 7.00. The second-order valence-electron chi connectivity index (χ2n) is 5.03. The Hall–Kier alpha value is -1.60. The Bertz CT molecular complexity index is 473. The summed E-state index contributed by atoms with van der Waals surface area (Å²) in [7, 11) is 0. The minimum atomic E-state index is 0.638. The van der Waals surface area contributed by atoms with E-state index in [2.05, 4.69) is 50.2 Å². The highest BCUT2D eigenvalue weighted by Gasteiger charge is 2.02. The van der Waals surface area contributed by atoms with Crippen LogP contribution in [0, 0.1) is 0 Å². The summed E-state index contributed by atoms with van der Waals surface area (Å²) in [5, 5.41) is 0. The summed E-state index contributed by atoms with van der Waals surface area (Å²) < 4.78 is 5.73. The first-order valence-electron chi connectivity index (χ1n) is 7.00. The lowest BCUT2D eigenvalue weighted by Crippen LogP contribution is -1.95. The number of hydrogen-bond donors (Lipinski definition) is 0. The van der Waals surface area contributed by atoms with Gasteiger partial charge in [-0.25, -0.2) is 0 Å². The highest BCUT2D eigenvalue weighted by atomic mass is 16.5. The second kappa shape index (κ2) is 7.10. The summed E-state index contributed by atoms with van der Waals surface area (Å²) in [6.07, 6.45) is 1.18. The maximum absolute atomic E-state index is 5.73. The van der Waals surface area contributed by atoms with Crippen LogP contribution in [0.2, 0.25) is 0 Å². The van der Waals surface area contributed by atoms with Gasteiger partial charge < -0.3 is 4.74 Å². The van der Waals surface area contributed by atoms with E-state index in [0.29, 0.717) is 19.1 Å². The zero-order valence-electron chi connectivity index (χ0n) is 11.8. The van der Waals surface area contributed by atoms with Crippen molar-refractivity contribution in [1.29, 1.82) is 0 Å². The molecule has 0 spiro atoms. The quantitative estimate of drug-likeness (QED) is 0.711. The van der Waals surface area contributed by atoms with Crippen LogP contribution in [0.15, 0.2) is 54.6 Å². The third-order valence-electron chi connectivity index (χ3n) is 3.54. The predicted octanol–water partition coefficient (Wildman–Crippen LogP) is 4.92. The van der Waals surface area contributed by atoms with Gasteiger partial charge in [-0.3, -0.25) is 0 Å². The normalized spacial score (nSPS) is 12.3. The molecule has 0 bridgehead atoms. The van der Waals surface area contributed by atoms with E-state index in [-0.39, 0.29) is 0 Å². The average Bonchev–Trinajstić information content (AvgIpc) is 2.48. The molecule has 0 amide bonds. The molecule has 19 heavy (non-hydrogen) atoms. The molecule has 1 atom stereocenters. The lowest BCUT2D eigenvalue weighted by atomic mass is 9.98. The standard InChI is InChI=1S/C18H22O/c1-3-15(2)18-11-9-17(10-12-18)14-19-13-16-7-5-4-6-8-16/h4-12,15H,3,13-14H2,1-2H3. The van der Waals surface area contributed by atoms with E-state index in [0.717, 1.165) is 0 Å². The molecule has 0 saturated heterocycles. The molecule has 0 N–H and O–H groups in total. The molecule has 0 aliphatic heterocycles.